The van der Waals surface area contributed by atoms with Crippen LogP contribution >= 0.6 is 11.8 Å². The van der Waals surface area contributed by atoms with Crippen LogP contribution in [0.3, 0.4) is 0 Å². The number of rotatable bonds is 5. The van der Waals surface area contributed by atoms with Crippen molar-refractivity contribution in [1.82, 2.24) is 4.98 Å². The molecule has 0 spiro atoms. The van der Waals surface area contributed by atoms with Gasteiger partial charge in [-0.3, -0.25) is 0 Å². The first-order valence-electron chi connectivity index (χ1n) is 6.60. The first-order valence-corrected chi connectivity index (χ1v) is 7.58. The number of nitrogens with zero attached hydrogens (tertiary/aromatic N) is 1. The second kappa shape index (κ2) is 7.36. The predicted molar refractivity (Wildman–Crippen MR) is 81.6 cm³/mol. The summed E-state index contributed by atoms with van der Waals surface area (Å²) in [5.74, 6) is -2.62. The Morgan fingerprint density at radius 2 is 2.00 bits per heavy atom. The number of hydrogen-bond donors (Lipinski definition) is 1. The van der Waals surface area contributed by atoms with Gasteiger partial charge >= 0.3 is 5.97 Å². The van der Waals surface area contributed by atoms with E-state index in [1.165, 1.54) is 0 Å². The molecule has 23 heavy (non-hydrogen) atoms. The van der Waals surface area contributed by atoms with Crippen LogP contribution in [0.2, 0.25) is 0 Å². The summed E-state index contributed by atoms with van der Waals surface area (Å²) in [7, 11) is 1.14. The Labute approximate surface area is 135 Å². The quantitative estimate of drug-likeness (QED) is 0.654. The summed E-state index contributed by atoms with van der Waals surface area (Å²) in [6.45, 7) is 1.81. The number of anilines is 2. The van der Waals surface area contributed by atoms with Gasteiger partial charge in [0.1, 0.15) is 28.0 Å². The third-order valence-electron chi connectivity index (χ3n) is 2.81. The molecule has 0 amide bonds. The van der Waals surface area contributed by atoms with Gasteiger partial charge in [0, 0.05) is 6.07 Å². The van der Waals surface area contributed by atoms with Crippen LogP contribution < -0.4 is 5.32 Å². The molecule has 0 aliphatic rings. The monoisotopic (exact) mass is 342 g/mol. The maximum atomic E-state index is 13.9. The zero-order chi connectivity index (χ0) is 17.0. The van der Waals surface area contributed by atoms with Gasteiger partial charge in [-0.25, -0.2) is 22.9 Å². The number of ether oxygens (including phenoxy) is 1. The first-order chi connectivity index (χ1) is 11.0. The number of esters is 1. The molecule has 0 aliphatic heterocycles. The van der Waals surface area contributed by atoms with Gasteiger partial charge < -0.3 is 10.1 Å². The lowest BCUT2D eigenvalue weighted by molar-refractivity contribution is 0.0600. The molecule has 0 radical (unpaired) electrons. The minimum Gasteiger partial charge on any atom is -0.465 e. The van der Waals surface area contributed by atoms with E-state index in [4.69, 9.17) is 0 Å². The lowest BCUT2D eigenvalue weighted by Gasteiger charge is -2.12. The summed E-state index contributed by atoms with van der Waals surface area (Å²) in [6.07, 6.45) is 0. The smallest absolute Gasteiger partial charge is 0.341 e. The van der Waals surface area contributed by atoms with E-state index < -0.39 is 23.4 Å². The highest BCUT2D eigenvalue weighted by Crippen LogP contribution is 2.28. The second-order valence-electron chi connectivity index (χ2n) is 4.35. The Morgan fingerprint density at radius 1 is 1.26 bits per heavy atom. The van der Waals surface area contributed by atoms with Crippen molar-refractivity contribution in [2.75, 3.05) is 18.2 Å². The van der Waals surface area contributed by atoms with Gasteiger partial charge in [-0.2, -0.15) is 0 Å². The molecule has 4 nitrogen and oxygen atoms in total. The second-order valence-corrected chi connectivity index (χ2v) is 5.60. The van der Waals surface area contributed by atoms with Gasteiger partial charge in [0.05, 0.1) is 12.8 Å². The Kier molecular flexibility index (Phi) is 5.49. The minimum atomic E-state index is -0.864. The van der Waals surface area contributed by atoms with E-state index in [1.54, 1.807) is 0 Å². The van der Waals surface area contributed by atoms with Gasteiger partial charge in [-0.1, -0.05) is 6.92 Å². The molecule has 122 valence electrons. The Bertz CT molecular complexity index is 741. The average Bonchev–Trinajstić information content (AvgIpc) is 2.52. The summed E-state index contributed by atoms with van der Waals surface area (Å²) >= 11 is 1.13. The van der Waals surface area contributed by atoms with E-state index in [9.17, 15) is 18.0 Å². The highest BCUT2D eigenvalue weighted by atomic mass is 32.2. The molecule has 2 aromatic rings. The van der Waals surface area contributed by atoms with Crippen molar-refractivity contribution in [1.29, 1.82) is 0 Å². The summed E-state index contributed by atoms with van der Waals surface area (Å²) < 4.78 is 45.2. The summed E-state index contributed by atoms with van der Waals surface area (Å²) in [4.78, 5) is 15.8. The molecule has 1 aromatic heterocycles. The number of aromatic nitrogens is 1. The molecule has 1 N–H and O–H groups in total. The van der Waals surface area contributed by atoms with Crippen molar-refractivity contribution in [3.8, 4) is 0 Å². The fraction of sp³-hybridized carbons (Fsp3) is 0.200. The molecule has 8 heteroatoms. The number of benzene rings is 1. The standard InChI is InChI=1S/C15H13F3N2O2S/c1-3-23-14-11(18)7-9(15(21)22-2)13(20-14)19-12-5-4-8(16)6-10(12)17/h4-7H,3H2,1-2H3,(H,19,20). The van der Waals surface area contributed by atoms with Crippen LogP contribution in [-0.4, -0.2) is 23.8 Å². The lowest BCUT2D eigenvalue weighted by atomic mass is 10.2. The van der Waals surface area contributed by atoms with E-state index >= 15 is 0 Å². The molecule has 2 rings (SSSR count). The van der Waals surface area contributed by atoms with E-state index in [2.05, 4.69) is 15.0 Å². The third kappa shape index (κ3) is 3.95. The Balaban J connectivity index is 2.49. The molecule has 0 fully saturated rings. The highest BCUT2D eigenvalue weighted by Gasteiger charge is 2.19. The van der Waals surface area contributed by atoms with Crippen LogP contribution in [0.25, 0.3) is 0 Å². The third-order valence-corrected chi connectivity index (χ3v) is 3.66. The Hall–Kier alpha value is -2.22. The maximum Gasteiger partial charge on any atom is 0.341 e. The van der Waals surface area contributed by atoms with Crippen molar-refractivity contribution in [3.63, 3.8) is 0 Å². The van der Waals surface area contributed by atoms with Gasteiger partial charge in [0.15, 0.2) is 5.82 Å². The largest absolute Gasteiger partial charge is 0.465 e. The zero-order valence-corrected chi connectivity index (χ0v) is 13.1. The summed E-state index contributed by atoms with van der Waals surface area (Å²) in [5.41, 5.74) is -0.280. The number of carbonyl (C=O) groups is 1. The van der Waals surface area contributed by atoms with Crippen molar-refractivity contribution < 1.29 is 22.7 Å². The summed E-state index contributed by atoms with van der Waals surface area (Å²) in [6, 6.07) is 3.86. The number of methoxy groups -OCH3 is 1. The molecule has 0 bridgehead atoms. The van der Waals surface area contributed by atoms with Crippen molar-refractivity contribution >= 4 is 29.2 Å². The summed E-state index contributed by atoms with van der Waals surface area (Å²) in [5, 5.41) is 2.64. The molecule has 0 saturated carbocycles. The molecule has 0 unspecified atom stereocenters. The van der Waals surface area contributed by atoms with E-state index in [0.717, 1.165) is 37.1 Å². The van der Waals surface area contributed by atoms with Gasteiger partial charge in [-0.05, 0) is 24.0 Å². The molecule has 0 atom stereocenters. The topological polar surface area (TPSA) is 51.2 Å². The highest BCUT2D eigenvalue weighted by molar-refractivity contribution is 7.99. The van der Waals surface area contributed by atoms with Crippen LogP contribution in [0, 0.1) is 17.5 Å². The molecule has 0 saturated heterocycles. The number of carbonyl (C=O) groups excluding carboxylic acids is 1. The number of hydrogen-bond acceptors (Lipinski definition) is 5. The predicted octanol–water partition coefficient (Wildman–Crippen LogP) is 4.14. The Morgan fingerprint density at radius 3 is 2.61 bits per heavy atom. The van der Waals surface area contributed by atoms with Crippen LogP contribution in [-0.2, 0) is 4.74 Å². The van der Waals surface area contributed by atoms with E-state index in [-0.39, 0.29) is 22.1 Å². The minimum absolute atomic E-state index is 0.0603. The molecule has 1 heterocycles. The fourth-order valence-electron chi connectivity index (χ4n) is 1.79. The van der Waals surface area contributed by atoms with Gasteiger partial charge in [-0.15, -0.1) is 11.8 Å². The number of thioether (sulfide) groups is 1. The van der Waals surface area contributed by atoms with Crippen molar-refractivity contribution in [3.05, 3.63) is 47.3 Å². The van der Waals surface area contributed by atoms with Gasteiger partial charge in [0.2, 0.25) is 0 Å². The normalized spacial score (nSPS) is 10.5. The lowest BCUT2D eigenvalue weighted by Crippen LogP contribution is -2.10. The fourth-order valence-corrected chi connectivity index (χ4v) is 2.42. The maximum absolute atomic E-state index is 13.9. The van der Waals surface area contributed by atoms with Crippen molar-refractivity contribution in [2.45, 2.75) is 11.9 Å². The SMILES string of the molecule is CCSc1nc(Nc2ccc(F)cc2F)c(C(=O)OC)cc1F. The zero-order valence-electron chi connectivity index (χ0n) is 12.3. The number of pyridine rings is 1. The molecule has 0 aliphatic carbocycles. The van der Waals surface area contributed by atoms with E-state index in [0.29, 0.717) is 11.8 Å². The van der Waals surface area contributed by atoms with Crippen LogP contribution in [0.15, 0.2) is 29.3 Å². The van der Waals surface area contributed by atoms with Gasteiger partial charge in [0.25, 0.3) is 0 Å². The molecular formula is C15H13F3N2O2S. The molecule has 1 aromatic carbocycles. The number of halogens is 3. The van der Waals surface area contributed by atoms with Crippen molar-refractivity contribution in [2.24, 2.45) is 0 Å². The first kappa shape index (κ1) is 17.1. The van der Waals surface area contributed by atoms with Crippen LogP contribution in [0.1, 0.15) is 17.3 Å². The van der Waals surface area contributed by atoms with Crippen LogP contribution in [0.5, 0.6) is 0 Å². The average molecular weight is 342 g/mol. The molecular weight excluding hydrogens is 329 g/mol. The van der Waals surface area contributed by atoms with Crippen LogP contribution in [0.4, 0.5) is 24.7 Å². The van der Waals surface area contributed by atoms with E-state index in [1.807, 2.05) is 6.92 Å². The number of nitrogens with one attached hydrogen (secondary N) is 1.